The zero-order chi connectivity index (χ0) is 23.5. The van der Waals surface area contributed by atoms with E-state index in [1.165, 1.54) is 0 Å². The molecular weight excluding hydrogens is 446 g/mol. The van der Waals surface area contributed by atoms with E-state index in [1.807, 2.05) is 36.4 Å². The van der Waals surface area contributed by atoms with Crippen molar-refractivity contribution in [2.75, 3.05) is 26.3 Å². The highest BCUT2D eigenvalue weighted by Gasteiger charge is 2.25. The number of hydrogen-bond donors (Lipinski definition) is 0. The minimum absolute atomic E-state index is 0.0579. The van der Waals surface area contributed by atoms with Crippen LogP contribution >= 0.6 is 12.2 Å². The summed E-state index contributed by atoms with van der Waals surface area (Å²) < 4.78 is 7.69. The van der Waals surface area contributed by atoms with Gasteiger partial charge in [0.15, 0.2) is 0 Å². The van der Waals surface area contributed by atoms with Crippen LogP contribution in [0.5, 0.6) is 0 Å². The maximum Gasteiger partial charge on any atom is 0.269 e. The molecule has 0 amide bonds. The first-order valence-corrected chi connectivity index (χ1v) is 11.5. The molecule has 0 unspecified atom stereocenters. The Morgan fingerprint density at radius 1 is 0.853 bits per heavy atom. The second kappa shape index (κ2) is 9.59. The quantitative estimate of drug-likeness (QED) is 0.212. The number of nitro groups is 1. The number of aromatic nitrogens is 1. The van der Waals surface area contributed by atoms with Gasteiger partial charge >= 0.3 is 0 Å². The summed E-state index contributed by atoms with van der Waals surface area (Å²) in [7, 11) is 0. The summed E-state index contributed by atoms with van der Waals surface area (Å²) in [5.74, 6) is 0. The summed E-state index contributed by atoms with van der Waals surface area (Å²) in [5, 5.41) is 11.3. The molecule has 1 aliphatic heterocycles. The Bertz CT molecular complexity index is 1310. The largest absolute Gasteiger partial charge is 0.378 e. The minimum atomic E-state index is -0.380. The lowest BCUT2D eigenvalue weighted by Gasteiger charge is -2.29. The summed E-state index contributed by atoms with van der Waals surface area (Å²) in [6.45, 7) is 2.79. The molecule has 170 valence electrons. The minimum Gasteiger partial charge on any atom is -0.378 e. The molecule has 0 spiro atoms. The number of nitrogens with zero attached hydrogens (tertiary/aromatic N) is 3. The summed E-state index contributed by atoms with van der Waals surface area (Å²) in [6.07, 6.45) is 0. The normalized spacial score (nSPS) is 13.6. The van der Waals surface area contributed by atoms with Crippen molar-refractivity contribution in [2.45, 2.75) is 0 Å². The maximum absolute atomic E-state index is 11.3. The fraction of sp³-hybridized carbons (Fsp3) is 0.148. The predicted octanol–water partition coefficient (Wildman–Crippen LogP) is 5.73. The number of nitro benzene ring substituents is 1. The van der Waals surface area contributed by atoms with E-state index in [1.54, 1.807) is 24.3 Å². The molecule has 0 bridgehead atoms. The molecule has 0 atom stereocenters. The third kappa shape index (κ3) is 4.23. The standard InChI is InChI=1S/C27H23N3O3S/c31-30(32)23-13-11-22(12-14-23)29-25(20-7-3-1-4-8-20)19-24(26(29)21-9-5-2-6-10-21)27(34)28-15-17-33-18-16-28/h1-14,19H,15-18H2. The van der Waals surface area contributed by atoms with Crippen molar-refractivity contribution in [1.82, 2.24) is 9.47 Å². The zero-order valence-corrected chi connectivity index (χ0v) is 19.3. The van der Waals surface area contributed by atoms with E-state index in [0.29, 0.717) is 13.2 Å². The van der Waals surface area contributed by atoms with E-state index in [2.05, 4.69) is 39.8 Å². The van der Waals surface area contributed by atoms with Gasteiger partial charge in [0.25, 0.3) is 5.69 Å². The topological polar surface area (TPSA) is 60.5 Å². The number of benzene rings is 3. The van der Waals surface area contributed by atoms with E-state index >= 15 is 0 Å². The van der Waals surface area contributed by atoms with Gasteiger partial charge in [-0.05, 0) is 29.3 Å². The number of rotatable bonds is 5. The lowest BCUT2D eigenvalue weighted by Crippen LogP contribution is -2.40. The molecule has 1 saturated heterocycles. The number of thiocarbonyl (C=S) groups is 1. The van der Waals surface area contributed by atoms with Gasteiger partial charge in [0, 0.05) is 36.5 Å². The van der Waals surface area contributed by atoms with Gasteiger partial charge in [-0.2, -0.15) is 0 Å². The summed E-state index contributed by atoms with van der Waals surface area (Å²) in [5.41, 5.74) is 5.84. The Labute approximate surface area is 203 Å². The molecule has 1 aliphatic rings. The second-order valence-corrected chi connectivity index (χ2v) is 8.42. The van der Waals surface area contributed by atoms with Crippen LogP contribution in [0.15, 0.2) is 91.0 Å². The second-order valence-electron chi connectivity index (χ2n) is 8.04. The monoisotopic (exact) mass is 469 g/mol. The van der Waals surface area contributed by atoms with Crippen LogP contribution in [0.3, 0.4) is 0 Å². The van der Waals surface area contributed by atoms with Crippen molar-refractivity contribution >= 4 is 22.9 Å². The molecule has 4 aromatic rings. The van der Waals surface area contributed by atoms with Crippen molar-refractivity contribution in [1.29, 1.82) is 0 Å². The van der Waals surface area contributed by atoms with E-state index in [9.17, 15) is 10.1 Å². The highest BCUT2D eigenvalue weighted by Crippen LogP contribution is 2.37. The fourth-order valence-corrected chi connectivity index (χ4v) is 4.64. The van der Waals surface area contributed by atoms with Gasteiger partial charge in [-0.25, -0.2) is 0 Å². The Kier molecular flexibility index (Phi) is 6.20. The summed E-state index contributed by atoms with van der Waals surface area (Å²) in [4.78, 5) is 13.8. The molecular formula is C27H23N3O3S. The molecule has 1 aromatic heterocycles. The Hall–Kier alpha value is -3.81. The lowest BCUT2D eigenvalue weighted by molar-refractivity contribution is -0.384. The van der Waals surface area contributed by atoms with Crippen LogP contribution < -0.4 is 0 Å². The van der Waals surface area contributed by atoms with Crippen LogP contribution in [0.1, 0.15) is 5.56 Å². The number of morpholine rings is 1. The smallest absolute Gasteiger partial charge is 0.269 e. The molecule has 0 N–H and O–H groups in total. The van der Waals surface area contributed by atoms with Gasteiger partial charge in [0.1, 0.15) is 4.99 Å². The molecule has 7 heteroatoms. The zero-order valence-electron chi connectivity index (χ0n) is 18.5. The van der Waals surface area contributed by atoms with E-state index in [0.717, 1.165) is 51.8 Å². The third-order valence-corrected chi connectivity index (χ3v) is 6.44. The van der Waals surface area contributed by atoms with Gasteiger partial charge in [0.2, 0.25) is 0 Å². The van der Waals surface area contributed by atoms with Crippen molar-refractivity contribution in [3.8, 4) is 28.2 Å². The third-order valence-electron chi connectivity index (χ3n) is 5.96. The highest BCUT2D eigenvalue weighted by atomic mass is 32.1. The summed E-state index contributed by atoms with van der Waals surface area (Å²) in [6, 6.07) is 29.1. The molecule has 0 aliphatic carbocycles. The first kappa shape index (κ1) is 22.0. The van der Waals surface area contributed by atoms with Crippen molar-refractivity contribution < 1.29 is 9.66 Å². The molecule has 3 aromatic carbocycles. The van der Waals surface area contributed by atoms with Gasteiger partial charge < -0.3 is 14.2 Å². The van der Waals surface area contributed by atoms with Crippen LogP contribution in [0, 0.1) is 10.1 Å². The first-order chi connectivity index (χ1) is 16.6. The molecule has 1 fully saturated rings. The van der Waals surface area contributed by atoms with Crippen LogP contribution in [-0.2, 0) is 4.74 Å². The van der Waals surface area contributed by atoms with Gasteiger partial charge in [-0.3, -0.25) is 10.1 Å². The predicted molar refractivity (Wildman–Crippen MR) is 137 cm³/mol. The van der Waals surface area contributed by atoms with Gasteiger partial charge in [-0.1, -0.05) is 72.9 Å². The van der Waals surface area contributed by atoms with Crippen molar-refractivity contribution in [3.05, 3.63) is 107 Å². The summed E-state index contributed by atoms with van der Waals surface area (Å²) >= 11 is 6.02. The van der Waals surface area contributed by atoms with Crippen molar-refractivity contribution in [2.24, 2.45) is 0 Å². The van der Waals surface area contributed by atoms with Crippen LogP contribution in [0.2, 0.25) is 0 Å². The fourth-order valence-electron chi connectivity index (χ4n) is 4.30. The van der Waals surface area contributed by atoms with E-state index in [4.69, 9.17) is 17.0 Å². The van der Waals surface area contributed by atoms with E-state index < -0.39 is 0 Å². The number of ether oxygens (including phenoxy) is 1. The van der Waals surface area contributed by atoms with Crippen molar-refractivity contribution in [3.63, 3.8) is 0 Å². The Balaban J connectivity index is 1.77. The van der Waals surface area contributed by atoms with Crippen LogP contribution in [-0.4, -0.2) is 45.7 Å². The SMILES string of the molecule is O=[N+]([O-])c1ccc(-n2c(-c3ccccc3)cc(C(=S)N3CCOCC3)c2-c2ccccc2)cc1. The molecule has 34 heavy (non-hydrogen) atoms. The molecule has 5 rings (SSSR count). The Morgan fingerprint density at radius 3 is 2.03 bits per heavy atom. The first-order valence-electron chi connectivity index (χ1n) is 11.1. The molecule has 0 saturated carbocycles. The van der Waals surface area contributed by atoms with E-state index in [-0.39, 0.29) is 10.6 Å². The average molecular weight is 470 g/mol. The molecule has 2 heterocycles. The van der Waals surface area contributed by atoms with Crippen LogP contribution in [0.4, 0.5) is 5.69 Å². The highest BCUT2D eigenvalue weighted by molar-refractivity contribution is 7.80. The van der Waals surface area contributed by atoms with Gasteiger partial charge in [-0.15, -0.1) is 0 Å². The van der Waals surface area contributed by atoms with Crippen LogP contribution in [0.25, 0.3) is 28.2 Å². The molecule has 0 radical (unpaired) electrons. The average Bonchev–Trinajstić information content (AvgIpc) is 3.30. The number of hydrogen-bond acceptors (Lipinski definition) is 4. The lowest BCUT2D eigenvalue weighted by atomic mass is 10.1. The Morgan fingerprint density at radius 2 is 1.44 bits per heavy atom. The number of non-ortho nitro benzene ring substituents is 1. The van der Waals surface area contributed by atoms with Gasteiger partial charge in [0.05, 0.1) is 29.5 Å². The molecule has 6 nitrogen and oxygen atoms in total. The maximum atomic E-state index is 11.3.